The Labute approximate surface area is 177 Å². The van der Waals surface area contributed by atoms with Crippen molar-refractivity contribution in [3.05, 3.63) is 101 Å². The van der Waals surface area contributed by atoms with Crippen LogP contribution in [0.4, 0.5) is 5.82 Å². The zero-order valence-electron chi connectivity index (χ0n) is 17.1. The van der Waals surface area contributed by atoms with E-state index in [0.717, 1.165) is 41.1 Å². The Hall–Kier alpha value is -3.37. The Kier molecular flexibility index (Phi) is 6.26. The minimum Gasteiger partial charge on any atom is -0.496 e. The van der Waals surface area contributed by atoms with Crippen LogP contribution in [0, 0.1) is 0 Å². The molecule has 0 radical (unpaired) electrons. The average Bonchev–Trinajstić information content (AvgIpc) is 2.81. The molecule has 0 aliphatic rings. The van der Waals surface area contributed by atoms with Gasteiger partial charge in [-0.1, -0.05) is 54.6 Å². The molecular weight excluding hydrogens is 372 g/mol. The van der Waals surface area contributed by atoms with Crippen molar-refractivity contribution in [2.45, 2.75) is 26.0 Å². The normalized spacial score (nSPS) is 10.9. The molecule has 0 atom stereocenters. The van der Waals surface area contributed by atoms with Gasteiger partial charge in [0.2, 0.25) is 0 Å². The van der Waals surface area contributed by atoms with Crippen LogP contribution in [0.25, 0.3) is 10.9 Å². The maximum absolute atomic E-state index is 9.34. The molecule has 0 amide bonds. The molecule has 4 rings (SSSR count). The van der Waals surface area contributed by atoms with Crippen molar-refractivity contribution >= 4 is 16.7 Å². The third kappa shape index (κ3) is 4.61. The molecule has 0 aliphatic carbocycles. The van der Waals surface area contributed by atoms with Crippen LogP contribution in [-0.4, -0.2) is 17.2 Å². The highest BCUT2D eigenvalue weighted by Crippen LogP contribution is 2.23. The summed E-state index contributed by atoms with van der Waals surface area (Å²) in [4.78, 5) is 4.80. The predicted octanol–water partition coefficient (Wildman–Crippen LogP) is 5.13. The van der Waals surface area contributed by atoms with Crippen LogP contribution in [-0.2, 0) is 26.0 Å². The summed E-state index contributed by atoms with van der Waals surface area (Å²) in [5.41, 5.74) is 5.56. The molecule has 30 heavy (non-hydrogen) atoms. The average molecular weight is 399 g/mol. The summed E-state index contributed by atoms with van der Waals surface area (Å²) in [5.74, 6) is 1.72. The van der Waals surface area contributed by atoms with Crippen LogP contribution in [0.2, 0.25) is 0 Å². The molecule has 4 heteroatoms. The van der Waals surface area contributed by atoms with Crippen LogP contribution >= 0.6 is 0 Å². The SMILES string of the molecule is COc1ccccc1CNc1ccc2c(CCc3cccc(CO)c3)cccc2n1. The molecule has 0 spiro atoms. The lowest BCUT2D eigenvalue weighted by Gasteiger charge is -2.12. The zero-order chi connectivity index (χ0) is 20.8. The molecule has 0 aliphatic heterocycles. The standard InChI is InChI=1S/C26H26N2O2/c1-30-25-11-3-2-8-22(25)17-27-26-15-14-23-21(9-5-10-24(23)28-26)13-12-19-6-4-7-20(16-19)18-29/h2-11,14-16,29H,12-13,17-18H2,1H3,(H,27,28). The lowest BCUT2D eigenvalue weighted by molar-refractivity contribution is 0.281. The van der Waals surface area contributed by atoms with Gasteiger partial charge >= 0.3 is 0 Å². The van der Waals surface area contributed by atoms with Gasteiger partial charge in [-0.2, -0.15) is 0 Å². The van der Waals surface area contributed by atoms with Crippen molar-refractivity contribution in [1.29, 1.82) is 0 Å². The van der Waals surface area contributed by atoms with E-state index in [1.165, 1.54) is 16.5 Å². The first-order valence-electron chi connectivity index (χ1n) is 10.2. The number of para-hydroxylation sites is 1. The summed E-state index contributed by atoms with van der Waals surface area (Å²) in [5, 5.41) is 13.9. The molecule has 0 bridgehead atoms. The number of hydrogen-bond donors (Lipinski definition) is 2. The van der Waals surface area contributed by atoms with E-state index in [1.807, 2.05) is 36.4 Å². The first-order valence-corrected chi connectivity index (χ1v) is 10.2. The number of aliphatic hydroxyl groups excluding tert-OH is 1. The van der Waals surface area contributed by atoms with Gasteiger partial charge in [0.25, 0.3) is 0 Å². The molecule has 0 saturated carbocycles. The van der Waals surface area contributed by atoms with E-state index in [1.54, 1.807) is 7.11 Å². The van der Waals surface area contributed by atoms with Crippen LogP contribution in [0.15, 0.2) is 78.9 Å². The molecule has 0 saturated heterocycles. The number of methoxy groups -OCH3 is 1. The van der Waals surface area contributed by atoms with Gasteiger partial charge in [-0.05, 0) is 53.8 Å². The second kappa shape index (κ2) is 9.42. The molecule has 2 N–H and O–H groups in total. The van der Waals surface area contributed by atoms with Gasteiger partial charge in [-0.3, -0.25) is 0 Å². The van der Waals surface area contributed by atoms with E-state index in [-0.39, 0.29) is 6.61 Å². The van der Waals surface area contributed by atoms with Crippen molar-refractivity contribution < 1.29 is 9.84 Å². The minimum absolute atomic E-state index is 0.0800. The fraction of sp³-hybridized carbons (Fsp3) is 0.192. The molecule has 152 valence electrons. The summed E-state index contributed by atoms with van der Waals surface area (Å²) in [6.07, 6.45) is 1.86. The molecule has 3 aromatic carbocycles. The lowest BCUT2D eigenvalue weighted by atomic mass is 9.99. The summed E-state index contributed by atoms with van der Waals surface area (Å²) in [6, 6.07) is 26.6. The number of aromatic nitrogens is 1. The second-order valence-corrected chi connectivity index (χ2v) is 7.32. The van der Waals surface area contributed by atoms with E-state index in [4.69, 9.17) is 9.72 Å². The number of rotatable bonds is 8. The minimum atomic E-state index is 0.0800. The van der Waals surface area contributed by atoms with Gasteiger partial charge < -0.3 is 15.2 Å². The molecular formula is C26H26N2O2. The maximum Gasteiger partial charge on any atom is 0.126 e. The number of hydrogen-bond acceptors (Lipinski definition) is 4. The number of pyridine rings is 1. The Bertz CT molecular complexity index is 1140. The number of ether oxygens (including phenoxy) is 1. The summed E-state index contributed by atoms with van der Waals surface area (Å²) < 4.78 is 5.42. The topological polar surface area (TPSA) is 54.4 Å². The molecule has 1 aromatic heterocycles. The zero-order valence-corrected chi connectivity index (χ0v) is 17.1. The summed E-state index contributed by atoms with van der Waals surface area (Å²) >= 11 is 0. The lowest BCUT2D eigenvalue weighted by Crippen LogP contribution is -2.03. The third-order valence-corrected chi connectivity index (χ3v) is 5.33. The van der Waals surface area contributed by atoms with E-state index in [0.29, 0.717) is 6.54 Å². The highest BCUT2D eigenvalue weighted by Gasteiger charge is 2.06. The first kappa shape index (κ1) is 19.9. The summed E-state index contributed by atoms with van der Waals surface area (Å²) in [6.45, 7) is 0.736. The predicted molar refractivity (Wildman–Crippen MR) is 122 cm³/mol. The molecule has 0 fully saturated rings. The van der Waals surface area contributed by atoms with Gasteiger partial charge in [-0.25, -0.2) is 4.98 Å². The van der Waals surface area contributed by atoms with Gasteiger partial charge in [0, 0.05) is 17.5 Å². The Morgan fingerprint density at radius 2 is 1.63 bits per heavy atom. The number of fused-ring (bicyclic) bond motifs is 1. The van der Waals surface area contributed by atoms with Crippen LogP contribution in [0.5, 0.6) is 5.75 Å². The summed E-state index contributed by atoms with van der Waals surface area (Å²) in [7, 11) is 1.69. The molecule has 4 nitrogen and oxygen atoms in total. The largest absolute Gasteiger partial charge is 0.496 e. The van der Waals surface area contributed by atoms with Crippen molar-refractivity contribution in [2.75, 3.05) is 12.4 Å². The van der Waals surface area contributed by atoms with Gasteiger partial charge in [0.05, 0.1) is 19.2 Å². The fourth-order valence-corrected chi connectivity index (χ4v) is 3.73. The van der Waals surface area contributed by atoms with E-state index < -0.39 is 0 Å². The molecule has 4 aromatic rings. The van der Waals surface area contributed by atoms with Crippen molar-refractivity contribution in [1.82, 2.24) is 4.98 Å². The van der Waals surface area contributed by atoms with Gasteiger partial charge in [0.15, 0.2) is 0 Å². The monoisotopic (exact) mass is 398 g/mol. The van der Waals surface area contributed by atoms with E-state index in [2.05, 4.69) is 47.8 Å². The fourth-order valence-electron chi connectivity index (χ4n) is 3.73. The van der Waals surface area contributed by atoms with Crippen LogP contribution in [0.1, 0.15) is 22.3 Å². The van der Waals surface area contributed by atoms with Gasteiger partial charge in [-0.15, -0.1) is 0 Å². The highest BCUT2D eigenvalue weighted by atomic mass is 16.5. The Balaban J connectivity index is 1.49. The second-order valence-electron chi connectivity index (χ2n) is 7.32. The highest BCUT2D eigenvalue weighted by molar-refractivity contribution is 5.83. The van der Waals surface area contributed by atoms with E-state index in [9.17, 15) is 5.11 Å². The van der Waals surface area contributed by atoms with Crippen molar-refractivity contribution in [3.8, 4) is 5.75 Å². The van der Waals surface area contributed by atoms with Crippen LogP contribution < -0.4 is 10.1 Å². The molecule has 0 unspecified atom stereocenters. The number of anilines is 1. The van der Waals surface area contributed by atoms with Crippen LogP contribution in [0.3, 0.4) is 0 Å². The number of benzene rings is 3. The number of nitrogens with one attached hydrogen (secondary N) is 1. The maximum atomic E-state index is 9.34. The first-order chi connectivity index (χ1) is 14.8. The number of nitrogens with zero attached hydrogens (tertiary/aromatic N) is 1. The Morgan fingerprint density at radius 1 is 0.833 bits per heavy atom. The van der Waals surface area contributed by atoms with Gasteiger partial charge in [0.1, 0.15) is 11.6 Å². The van der Waals surface area contributed by atoms with Crippen molar-refractivity contribution in [3.63, 3.8) is 0 Å². The smallest absolute Gasteiger partial charge is 0.126 e. The number of aliphatic hydroxyl groups is 1. The Morgan fingerprint density at radius 3 is 2.50 bits per heavy atom. The third-order valence-electron chi connectivity index (χ3n) is 5.33. The van der Waals surface area contributed by atoms with E-state index >= 15 is 0 Å². The number of aryl methyl sites for hydroxylation is 2. The molecule has 1 heterocycles. The van der Waals surface area contributed by atoms with Crippen molar-refractivity contribution in [2.24, 2.45) is 0 Å². The quantitative estimate of drug-likeness (QED) is 0.432.